The van der Waals surface area contributed by atoms with Gasteiger partial charge in [0, 0.05) is 23.6 Å². The van der Waals surface area contributed by atoms with Crippen molar-refractivity contribution in [3.8, 4) is 11.5 Å². The molecule has 8 nitrogen and oxygen atoms in total. The average molecular weight is 751 g/mol. The normalized spacial score (nSPS) is 14.6. The van der Waals surface area contributed by atoms with Crippen LogP contribution >= 0.6 is 15.6 Å². The van der Waals surface area contributed by atoms with Crippen LogP contribution in [0.3, 0.4) is 0 Å². The fourth-order valence-electron chi connectivity index (χ4n) is 3.13. The molecule has 0 fully saturated rings. The van der Waals surface area contributed by atoms with Crippen molar-refractivity contribution in [1.29, 1.82) is 0 Å². The molecule has 2 aromatic heterocycles. The zero-order valence-electron chi connectivity index (χ0n) is 25.1. The molecule has 272 valence electrons. The van der Waals surface area contributed by atoms with Crippen LogP contribution in [-0.2, 0) is 27.2 Å². The predicted octanol–water partition coefficient (Wildman–Crippen LogP) is 9.04. The molecule has 0 saturated heterocycles. The van der Waals surface area contributed by atoms with E-state index in [1.54, 1.807) is 36.7 Å². The Bertz CT molecular complexity index is 1530. The number of hydrogen-bond donors (Lipinski definition) is 2. The van der Waals surface area contributed by atoms with Gasteiger partial charge in [0.05, 0.1) is 27.2 Å². The summed E-state index contributed by atoms with van der Waals surface area (Å²) in [7, 11) is -17.3. The van der Waals surface area contributed by atoms with Gasteiger partial charge in [-0.1, -0.05) is 24.3 Å². The molecule has 4 aromatic rings. The zero-order chi connectivity index (χ0) is 37.0. The van der Waals surface area contributed by atoms with Crippen molar-refractivity contribution in [2.75, 3.05) is 13.1 Å². The molecule has 22 heteroatoms. The molecule has 2 N–H and O–H groups in total. The maximum atomic E-state index is 9.87. The summed E-state index contributed by atoms with van der Waals surface area (Å²) in [5.41, 5.74) is 1.51. The first-order valence-corrected chi connectivity index (χ1v) is 17.2. The number of imidazole rings is 2. The van der Waals surface area contributed by atoms with Gasteiger partial charge in [-0.05, 0) is 24.3 Å². The summed E-state index contributed by atoms with van der Waals surface area (Å²) < 4.78 is 127. The van der Waals surface area contributed by atoms with Crippen LogP contribution in [0.15, 0.2) is 96.0 Å². The number of aliphatic imine (C=N–C) groups is 2. The Balaban J connectivity index is 0.000000349. The molecular formula is C26H32F12N6O2P2. The van der Waals surface area contributed by atoms with Gasteiger partial charge in [-0.2, -0.15) is 0 Å². The Morgan fingerprint density at radius 2 is 0.875 bits per heavy atom. The second kappa shape index (κ2) is 14.5. The van der Waals surface area contributed by atoms with Crippen molar-refractivity contribution in [1.82, 2.24) is 9.13 Å². The van der Waals surface area contributed by atoms with Crippen LogP contribution in [0.25, 0.3) is 0 Å². The van der Waals surface area contributed by atoms with Crippen LogP contribution < -0.4 is 9.13 Å². The van der Waals surface area contributed by atoms with E-state index >= 15 is 0 Å². The van der Waals surface area contributed by atoms with E-state index in [9.17, 15) is 60.6 Å². The molecule has 0 radical (unpaired) electrons. The first kappa shape index (κ1) is 41.8. The van der Waals surface area contributed by atoms with Crippen LogP contribution in [-0.4, -0.2) is 44.9 Å². The van der Waals surface area contributed by atoms with Crippen molar-refractivity contribution in [3.63, 3.8) is 0 Å². The molecule has 4 rings (SSSR count). The first-order valence-electron chi connectivity index (χ1n) is 13.1. The van der Waals surface area contributed by atoms with Crippen LogP contribution in [0, 0.1) is 0 Å². The van der Waals surface area contributed by atoms with Crippen LogP contribution in [0.5, 0.6) is 11.5 Å². The topological polar surface area (TPSA) is 82.8 Å². The molecule has 0 unspecified atom stereocenters. The third-order valence-corrected chi connectivity index (χ3v) is 4.96. The summed E-state index contributed by atoms with van der Waals surface area (Å²) in [6.45, 7) is 3.07. The summed E-state index contributed by atoms with van der Waals surface area (Å²) >= 11 is 0. The molecule has 0 amide bonds. The van der Waals surface area contributed by atoms with Crippen molar-refractivity contribution in [2.45, 2.75) is 13.1 Å². The number of aryl methyl sites for hydroxylation is 2. The number of nitrogens with zero attached hydrogens (tertiary/aromatic N) is 6. The monoisotopic (exact) mass is 750 g/mol. The molecule has 0 aliphatic carbocycles. The number of rotatable bonds is 8. The van der Waals surface area contributed by atoms with Crippen molar-refractivity contribution in [3.05, 3.63) is 97.1 Å². The maximum absolute atomic E-state index is 10.7. The third-order valence-electron chi connectivity index (χ3n) is 4.96. The zero-order valence-corrected chi connectivity index (χ0v) is 26.9. The number of phenols is 2. The van der Waals surface area contributed by atoms with Crippen molar-refractivity contribution in [2.24, 2.45) is 24.1 Å². The van der Waals surface area contributed by atoms with Crippen LogP contribution in [0.2, 0.25) is 0 Å². The molecule has 0 atom stereocenters. The summed E-state index contributed by atoms with van der Waals surface area (Å²) in [5, 5.41) is 19.1. The molecule has 48 heavy (non-hydrogen) atoms. The molecule has 2 heterocycles. The second-order valence-corrected chi connectivity index (χ2v) is 13.6. The Labute approximate surface area is 266 Å². The van der Waals surface area contributed by atoms with E-state index in [1.807, 2.05) is 84.9 Å². The van der Waals surface area contributed by atoms with E-state index in [1.165, 1.54) is 0 Å². The summed E-state index contributed by atoms with van der Waals surface area (Å²) in [4.78, 5) is 8.58. The van der Waals surface area contributed by atoms with Gasteiger partial charge in [-0.25, -0.2) is 18.3 Å². The fourth-order valence-corrected chi connectivity index (χ4v) is 3.13. The number of halogens is 12. The molecule has 0 spiro atoms. The molecule has 0 aliphatic heterocycles. The van der Waals surface area contributed by atoms with E-state index in [0.29, 0.717) is 13.1 Å². The van der Waals surface area contributed by atoms with Gasteiger partial charge in [0.1, 0.15) is 49.4 Å². The number of aromatic hydroxyl groups is 2. The first-order chi connectivity index (χ1) is 21.4. The Kier molecular flexibility index (Phi) is 12.7. The second-order valence-electron chi connectivity index (χ2n) is 9.74. The summed E-state index contributed by atoms with van der Waals surface area (Å²) in [6, 6.07) is 14.4. The van der Waals surface area contributed by atoms with Crippen LogP contribution in [0.1, 0.15) is 11.1 Å². The Morgan fingerprint density at radius 1 is 0.583 bits per heavy atom. The van der Waals surface area contributed by atoms with Gasteiger partial charge in [0.25, 0.3) is 0 Å². The minimum absolute atomic E-state index is 0.267. The van der Waals surface area contributed by atoms with Gasteiger partial charge < -0.3 is 10.2 Å². The van der Waals surface area contributed by atoms with Gasteiger partial charge in [-0.3, -0.25) is 9.98 Å². The number of benzene rings is 2. The van der Waals surface area contributed by atoms with Gasteiger partial charge in [-0.15, -0.1) is 0 Å². The molecular weight excluding hydrogens is 718 g/mol. The van der Waals surface area contributed by atoms with Gasteiger partial charge in [0.15, 0.2) is 0 Å². The summed E-state index contributed by atoms with van der Waals surface area (Å²) in [5.74, 6) is 0.534. The van der Waals surface area contributed by atoms with E-state index in [-0.39, 0.29) is 11.5 Å². The van der Waals surface area contributed by atoms with Gasteiger partial charge >= 0.3 is 66.0 Å². The molecule has 0 saturated carbocycles. The Morgan fingerprint density at radius 3 is 1.12 bits per heavy atom. The quantitative estimate of drug-likeness (QED) is 0.0816. The predicted molar refractivity (Wildman–Crippen MR) is 159 cm³/mol. The van der Waals surface area contributed by atoms with E-state index in [2.05, 4.69) is 19.1 Å². The molecule has 0 aliphatic rings. The van der Waals surface area contributed by atoms with Crippen molar-refractivity contribution >= 4 is 28.0 Å². The van der Waals surface area contributed by atoms with Crippen molar-refractivity contribution < 1.29 is 69.7 Å². The fraction of sp³-hybridized carbons (Fsp3) is 0.231. The van der Waals surface area contributed by atoms with E-state index in [0.717, 1.165) is 24.2 Å². The number of phenolic OH excluding ortho intramolecular Hbond substituents is 2. The number of aromatic nitrogens is 4. The molecule has 2 aromatic carbocycles. The van der Waals surface area contributed by atoms with E-state index < -0.39 is 15.6 Å². The van der Waals surface area contributed by atoms with Gasteiger partial charge in [0.2, 0.25) is 12.7 Å². The SMILES string of the molecule is C[n+]1ccn(CCN=Cc2ccccc2O)c1.C[n+]1ccn(CCN=Cc2ccccc2O)c1.F[P-](F)(F)(F)(F)F.F[P-](F)(F)(F)(F)F. The standard InChI is InChI=1S/2C13H15N3O.2F6P/c2*1-15-8-9-16(11-15)7-6-14-10-12-4-2-3-5-13(12)17;2*1-7(2,3,4,5)6/h2*2-5,8-11H,6-7H2,1H3;;/q;;2*-1/p+2. The number of para-hydroxylation sites is 2. The van der Waals surface area contributed by atoms with Crippen LogP contribution in [0.4, 0.5) is 50.4 Å². The average Bonchev–Trinajstić information content (AvgIpc) is 3.50. The molecule has 0 bridgehead atoms. The number of hydrogen-bond acceptors (Lipinski definition) is 4. The third kappa shape index (κ3) is 28.1. The summed E-state index contributed by atoms with van der Waals surface area (Å²) in [6.07, 6.45) is 15.4. The van der Waals surface area contributed by atoms with E-state index in [4.69, 9.17) is 0 Å². The Hall–Kier alpha value is -4.18. The minimum atomic E-state index is -10.7.